The summed E-state index contributed by atoms with van der Waals surface area (Å²) in [5.41, 5.74) is 4.93. The number of alkyl carbamates (subject to hydrolysis) is 1. The Bertz CT molecular complexity index is 1910. The molecule has 13 nitrogen and oxygen atoms in total. The van der Waals surface area contributed by atoms with E-state index >= 15 is 0 Å². The molecule has 0 radical (unpaired) electrons. The van der Waals surface area contributed by atoms with Crippen LogP contribution in [-0.2, 0) is 25.2 Å². The molecule has 3 aliphatic heterocycles. The van der Waals surface area contributed by atoms with Crippen molar-refractivity contribution < 1.29 is 24.2 Å². The van der Waals surface area contributed by atoms with Crippen LogP contribution in [0.25, 0.3) is 11.3 Å². The van der Waals surface area contributed by atoms with Gasteiger partial charge in [0.15, 0.2) is 0 Å². The average Bonchev–Trinajstić information content (AvgIpc) is 4.08. The van der Waals surface area contributed by atoms with Gasteiger partial charge in [0.05, 0.1) is 43.2 Å². The molecule has 9 rings (SSSR count). The summed E-state index contributed by atoms with van der Waals surface area (Å²) in [7, 11) is 1.32. The Morgan fingerprint density at radius 3 is 1.91 bits per heavy atom. The molecule has 3 aromatic rings. The number of likely N-dealkylation sites (tertiary alicyclic amines) is 3. The van der Waals surface area contributed by atoms with E-state index in [0.29, 0.717) is 6.54 Å². The predicted octanol–water partition coefficient (Wildman–Crippen LogP) is 6.53. The smallest absolute Gasteiger partial charge is 0.407 e. The molecule has 2 aromatic heterocycles. The molecule has 3 saturated carbocycles. The van der Waals surface area contributed by atoms with E-state index in [9.17, 15) is 19.5 Å². The second-order valence-corrected chi connectivity index (χ2v) is 18.7. The molecule has 6 aliphatic rings. The number of aromatic amines is 2. The number of carbonyl (C=O) groups excluding carboxylic acids is 3. The van der Waals surface area contributed by atoms with Crippen LogP contribution in [0.15, 0.2) is 36.7 Å². The Morgan fingerprint density at radius 1 is 0.759 bits per heavy atom. The first-order valence-electron chi connectivity index (χ1n) is 22.0. The molecule has 13 heteroatoms. The Labute approximate surface area is 343 Å². The van der Waals surface area contributed by atoms with Crippen molar-refractivity contribution in [2.45, 2.75) is 146 Å². The van der Waals surface area contributed by atoms with E-state index in [1.54, 1.807) is 0 Å². The quantitative estimate of drug-likeness (QED) is 0.171. The van der Waals surface area contributed by atoms with E-state index in [1.807, 2.05) is 31.1 Å². The predicted molar refractivity (Wildman–Crippen MR) is 221 cm³/mol. The van der Waals surface area contributed by atoms with Gasteiger partial charge >= 0.3 is 6.09 Å². The summed E-state index contributed by atoms with van der Waals surface area (Å²) in [5, 5.41) is 12.8. The van der Waals surface area contributed by atoms with Crippen molar-refractivity contribution in [3.05, 3.63) is 59.6 Å². The monoisotopic (exact) mass is 796 g/mol. The number of methoxy groups -OCH3 is 1. The molecule has 3 saturated heterocycles. The lowest BCUT2D eigenvalue weighted by Gasteiger charge is -2.53. The maximum atomic E-state index is 14.1. The van der Waals surface area contributed by atoms with Gasteiger partial charge in [-0.1, -0.05) is 52.0 Å². The SMILES string of the molecule is COC(=O)NC(C(=O)N1CCCC1c1ncc(C23CCC(c4ccc(-c5cnc(C6CCCN6C(=O)C(C(C)C)N6CCC(O)CC6)[nH]5)cc4)(CC2)CC3)[nH]1)C(C)C. The summed E-state index contributed by atoms with van der Waals surface area (Å²) < 4.78 is 4.81. The number of H-pyrrole nitrogens is 2. The van der Waals surface area contributed by atoms with Crippen LogP contribution < -0.4 is 5.32 Å². The average molecular weight is 797 g/mol. The van der Waals surface area contributed by atoms with Gasteiger partial charge < -0.3 is 34.9 Å². The highest BCUT2D eigenvalue weighted by Crippen LogP contribution is 2.58. The highest BCUT2D eigenvalue weighted by Gasteiger charge is 2.51. The minimum atomic E-state index is -0.651. The Morgan fingerprint density at radius 2 is 1.33 bits per heavy atom. The zero-order valence-corrected chi connectivity index (χ0v) is 35.1. The zero-order chi connectivity index (χ0) is 40.8. The number of carbonyl (C=O) groups is 3. The number of amides is 3. The number of piperidine rings is 1. The number of ether oxygens (including phenoxy) is 1. The number of fused-ring (bicyclic) bond motifs is 3. The molecule has 314 valence electrons. The van der Waals surface area contributed by atoms with Crippen molar-refractivity contribution in [3.63, 3.8) is 0 Å². The van der Waals surface area contributed by atoms with E-state index in [4.69, 9.17) is 14.7 Å². The highest BCUT2D eigenvalue weighted by atomic mass is 16.5. The van der Waals surface area contributed by atoms with Crippen molar-refractivity contribution in [1.82, 2.24) is 40.0 Å². The van der Waals surface area contributed by atoms with Crippen LogP contribution in [-0.4, -0.2) is 109 Å². The first kappa shape index (κ1) is 40.5. The number of aliphatic hydroxyl groups excluding tert-OH is 1. The lowest BCUT2D eigenvalue weighted by atomic mass is 9.51. The van der Waals surface area contributed by atoms with Gasteiger partial charge in [-0.3, -0.25) is 14.5 Å². The number of benzene rings is 1. The molecule has 58 heavy (non-hydrogen) atoms. The third kappa shape index (κ3) is 7.57. The maximum absolute atomic E-state index is 14.1. The molecule has 1 aromatic carbocycles. The maximum Gasteiger partial charge on any atom is 0.407 e. The number of rotatable bonds is 11. The molecule has 4 unspecified atom stereocenters. The fourth-order valence-corrected chi connectivity index (χ4v) is 11.2. The minimum Gasteiger partial charge on any atom is -0.453 e. The van der Waals surface area contributed by atoms with Crippen LogP contribution in [0.1, 0.15) is 140 Å². The number of imidazole rings is 2. The summed E-state index contributed by atoms with van der Waals surface area (Å²) in [5.74, 6) is 1.92. The van der Waals surface area contributed by atoms with Crippen LogP contribution in [0.5, 0.6) is 0 Å². The molecule has 4 atom stereocenters. The summed E-state index contributed by atoms with van der Waals surface area (Å²) in [6.07, 6.45) is 14.8. The van der Waals surface area contributed by atoms with Crippen LogP contribution >= 0.6 is 0 Å². The Balaban J connectivity index is 0.906. The van der Waals surface area contributed by atoms with E-state index in [0.717, 1.165) is 120 Å². The van der Waals surface area contributed by atoms with Crippen molar-refractivity contribution in [1.29, 1.82) is 0 Å². The fourth-order valence-electron chi connectivity index (χ4n) is 11.2. The van der Waals surface area contributed by atoms with E-state index in [1.165, 1.54) is 18.4 Å². The number of hydrogen-bond donors (Lipinski definition) is 4. The van der Waals surface area contributed by atoms with Crippen molar-refractivity contribution >= 4 is 17.9 Å². The third-order valence-corrected chi connectivity index (χ3v) is 14.7. The van der Waals surface area contributed by atoms with Gasteiger partial charge in [0.2, 0.25) is 11.8 Å². The molecule has 2 bridgehead atoms. The zero-order valence-electron chi connectivity index (χ0n) is 35.1. The molecule has 6 fully saturated rings. The minimum absolute atomic E-state index is 0.0566. The topological polar surface area (TPSA) is 160 Å². The van der Waals surface area contributed by atoms with Gasteiger partial charge in [0.25, 0.3) is 0 Å². The number of aromatic nitrogens is 4. The van der Waals surface area contributed by atoms with Crippen molar-refractivity contribution in [2.24, 2.45) is 11.8 Å². The largest absolute Gasteiger partial charge is 0.453 e. The molecule has 5 heterocycles. The standard InChI is InChI=1S/C45H64N8O5/c1-28(2)37(50-43(57)58-5)41(55)52-22-6-9-35(52)40-47-27-36(49-40)45-19-16-44(17-20-45,18-21-45)31-12-10-30(11-13-31)33-26-46-39(48-33)34-8-7-23-53(34)42(56)38(29(3)4)51-24-14-32(54)15-25-51/h10-13,26-29,32,34-35,37-38,54H,6-9,14-25H2,1-5H3,(H,46,48)(H,47,49)(H,50,57). The summed E-state index contributed by atoms with van der Waals surface area (Å²) in [6.45, 7) is 11.0. The lowest BCUT2D eigenvalue weighted by Crippen LogP contribution is -2.54. The third-order valence-electron chi connectivity index (χ3n) is 14.7. The Hall–Kier alpha value is -4.23. The number of hydrogen-bond acceptors (Lipinski definition) is 8. The van der Waals surface area contributed by atoms with Gasteiger partial charge in [-0.05, 0) is 105 Å². The number of nitrogens with one attached hydrogen (secondary N) is 3. The van der Waals surface area contributed by atoms with Crippen molar-refractivity contribution in [2.75, 3.05) is 33.3 Å². The number of aliphatic hydroxyl groups is 1. The molecule has 4 N–H and O–H groups in total. The van der Waals surface area contributed by atoms with Gasteiger partial charge in [0.1, 0.15) is 17.7 Å². The van der Waals surface area contributed by atoms with E-state index < -0.39 is 12.1 Å². The van der Waals surface area contributed by atoms with E-state index in [2.05, 4.69) is 63.2 Å². The summed E-state index contributed by atoms with van der Waals surface area (Å²) in [6, 6.07) is 8.08. The second kappa shape index (κ2) is 16.4. The molecular formula is C45H64N8O5. The molecular weight excluding hydrogens is 733 g/mol. The van der Waals surface area contributed by atoms with Crippen LogP contribution in [0.4, 0.5) is 4.79 Å². The number of nitrogens with zero attached hydrogens (tertiary/aromatic N) is 5. The van der Waals surface area contributed by atoms with Crippen LogP contribution in [0, 0.1) is 11.8 Å². The first-order valence-corrected chi connectivity index (χ1v) is 22.0. The fraction of sp³-hybridized carbons (Fsp3) is 0.667. The molecule has 0 spiro atoms. The second-order valence-electron chi connectivity index (χ2n) is 18.7. The molecule has 3 amide bonds. The summed E-state index contributed by atoms with van der Waals surface area (Å²) in [4.78, 5) is 63.1. The van der Waals surface area contributed by atoms with E-state index in [-0.39, 0.29) is 58.7 Å². The highest BCUT2D eigenvalue weighted by molar-refractivity contribution is 5.86. The first-order chi connectivity index (χ1) is 27.9. The van der Waals surface area contributed by atoms with Gasteiger partial charge in [0, 0.05) is 43.5 Å². The van der Waals surface area contributed by atoms with Crippen molar-refractivity contribution in [3.8, 4) is 11.3 Å². The lowest BCUT2D eigenvalue weighted by molar-refractivity contribution is -0.141. The van der Waals surface area contributed by atoms with Crippen LogP contribution in [0.3, 0.4) is 0 Å². The van der Waals surface area contributed by atoms with Gasteiger partial charge in [-0.2, -0.15) is 0 Å². The van der Waals surface area contributed by atoms with Crippen LogP contribution in [0.2, 0.25) is 0 Å². The van der Waals surface area contributed by atoms with Gasteiger partial charge in [-0.25, -0.2) is 14.8 Å². The normalized spacial score (nSPS) is 27.7. The van der Waals surface area contributed by atoms with Gasteiger partial charge in [-0.15, -0.1) is 0 Å². The molecule has 3 aliphatic carbocycles. The Kier molecular flexibility index (Phi) is 11.5. The summed E-state index contributed by atoms with van der Waals surface area (Å²) >= 11 is 0.